The van der Waals surface area contributed by atoms with Crippen LogP contribution in [0.5, 0.6) is 11.5 Å². The van der Waals surface area contributed by atoms with Crippen LogP contribution >= 0.6 is 0 Å². The predicted octanol–water partition coefficient (Wildman–Crippen LogP) is 0.765. The Balaban J connectivity index is 2.64. The molecule has 0 aliphatic carbocycles. The molecule has 1 aromatic carbocycles. The van der Waals surface area contributed by atoms with E-state index < -0.39 is 17.6 Å². The first-order valence-corrected chi connectivity index (χ1v) is 6.13. The maximum atomic E-state index is 11.6. The van der Waals surface area contributed by atoms with Gasteiger partial charge in [-0.1, -0.05) is 0 Å². The van der Waals surface area contributed by atoms with Crippen molar-refractivity contribution in [2.75, 3.05) is 14.2 Å². The molecule has 21 heavy (non-hydrogen) atoms. The Morgan fingerprint density at radius 3 is 2.48 bits per heavy atom. The van der Waals surface area contributed by atoms with Gasteiger partial charge in [0, 0.05) is 17.5 Å². The maximum absolute atomic E-state index is 11.6. The van der Waals surface area contributed by atoms with Crippen molar-refractivity contribution in [2.45, 2.75) is 12.5 Å². The van der Waals surface area contributed by atoms with Crippen molar-refractivity contribution in [3.05, 3.63) is 34.2 Å². The Labute approximate surface area is 119 Å². The summed E-state index contributed by atoms with van der Waals surface area (Å²) in [6, 6.07) is 3.27. The molecule has 0 radical (unpaired) electrons. The van der Waals surface area contributed by atoms with Gasteiger partial charge in [0.1, 0.15) is 11.6 Å². The number of hydrogen-bond donors (Lipinski definition) is 2. The van der Waals surface area contributed by atoms with E-state index in [1.807, 2.05) is 0 Å². The van der Waals surface area contributed by atoms with Crippen LogP contribution in [0.1, 0.15) is 5.56 Å². The Morgan fingerprint density at radius 1 is 1.29 bits per heavy atom. The molecule has 2 rings (SSSR count). The van der Waals surface area contributed by atoms with Gasteiger partial charge in [-0.3, -0.25) is 4.79 Å². The molecule has 0 aliphatic heterocycles. The number of carbonyl (C=O) groups is 1. The van der Waals surface area contributed by atoms with E-state index in [9.17, 15) is 9.59 Å². The molecule has 7 heteroatoms. The van der Waals surface area contributed by atoms with Crippen molar-refractivity contribution in [3.63, 3.8) is 0 Å². The first-order chi connectivity index (χ1) is 9.96. The fraction of sp³-hybridized carbons (Fsp3) is 0.286. The van der Waals surface area contributed by atoms with Crippen LogP contribution in [0.15, 0.2) is 27.4 Å². The summed E-state index contributed by atoms with van der Waals surface area (Å²) in [5, 5.41) is 9.46. The smallest absolute Gasteiger partial charge is 0.336 e. The van der Waals surface area contributed by atoms with E-state index in [1.165, 1.54) is 26.4 Å². The number of carboxylic acid groups (broad SMARTS) is 1. The Bertz CT molecular complexity index is 736. The molecule has 2 aromatic rings. The van der Waals surface area contributed by atoms with Crippen molar-refractivity contribution in [3.8, 4) is 11.5 Å². The van der Waals surface area contributed by atoms with Gasteiger partial charge in [0.25, 0.3) is 0 Å². The molecular weight excluding hydrogens is 278 g/mol. The number of fused-ring (bicyclic) bond motifs is 1. The molecule has 0 spiro atoms. The minimum atomic E-state index is -1.14. The van der Waals surface area contributed by atoms with E-state index in [0.29, 0.717) is 22.4 Å². The molecule has 0 saturated carbocycles. The number of methoxy groups -OCH3 is 2. The predicted molar refractivity (Wildman–Crippen MR) is 74.9 cm³/mol. The number of aliphatic carboxylic acids is 1. The first kappa shape index (κ1) is 14.9. The lowest BCUT2D eigenvalue weighted by molar-refractivity contribution is -0.138. The molecule has 1 aromatic heterocycles. The van der Waals surface area contributed by atoms with Crippen LogP contribution in [0, 0.1) is 0 Å². The van der Waals surface area contributed by atoms with Gasteiger partial charge in [0.05, 0.1) is 14.2 Å². The third kappa shape index (κ3) is 2.97. The van der Waals surface area contributed by atoms with Gasteiger partial charge in [-0.05, 0) is 18.1 Å². The lowest BCUT2D eigenvalue weighted by Gasteiger charge is -2.12. The summed E-state index contributed by atoms with van der Waals surface area (Å²) in [6.45, 7) is 0. The Hall–Kier alpha value is -2.54. The Morgan fingerprint density at radius 2 is 1.90 bits per heavy atom. The number of benzene rings is 1. The van der Waals surface area contributed by atoms with E-state index >= 15 is 0 Å². The summed E-state index contributed by atoms with van der Waals surface area (Å²) in [5.74, 6) is -0.284. The van der Waals surface area contributed by atoms with Gasteiger partial charge in [-0.15, -0.1) is 0 Å². The van der Waals surface area contributed by atoms with E-state index in [0.717, 1.165) is 0 Å². The molecule has 0 amide bonds. The van der Waals surface area contributed by atoms with Crippen LogP contribution in [0.25, 0.3) is 11.0 Å². The van der Waals surface area contributed by atoms with Crippen LogP contribution in [-0.2, 0) is 11.2 Å². The van der Waals surface area contributed by atoms with Crippen molar-refractivity contribution in [2.24, 2.45) is 5.73 Å². The zero-order chi connectivity index (χ0) is 15.6. The van der Waals surface area contributed by atoms with Crippen LogP contribution in [0.3, 0.4) is 0 Å². The minimum Gasteiger partial charge on any atom is -0.493 e. The quantitative estimate of drug-likeness (QED) is 0.783. The van der Waals surface area contributed by atoms with Gasteiger partial charge in [0.2, 0.25) is 0 Å². The molecule has 1 heterocycles. The van der Waals surface area contributed by atoms with Crippen LogP contribution < -0.4 is 20.8 Å². The number of rotatable bonds is 5. The largest absolute Gasteiger partial charge is 0.493 e. The molecule has 7 nitrogen and oxygen atoms in total. The Kier molecular flexibility index (Phi) is 4.13. The summed E-state index contributed by atoms with van der Waals surface area (Å²) in [6.07, 6.45) is 0.00686. The van der Waals surface area contributed by atoms with Crippen LogP contribution in [0.4, 0.5) is 0 Å². The average Bonchev–Trinajstić information content (AvgIpc) is 2.45. The summed E-state index contributed by atoms with van der Waals surface area (Å²) in [5.41, 5.74) is 5.72. The van der Waals surface area contributed by atoms with Crippen molar-refractivity contribution >= 4 is 16.9 Å². The van der Waals surface area contributed by atoms with Crippen LogP contribution in [0.2, 0.25) is 0 Å². The van der Waals surface area contributed by atoms with E-state index in [2.05, 4.69) is 0 Å². The SMILES string of the molecule is COc1cc2oc(=O)cc(C[C@@H](N)C(=O)O)c2cc1OC. The third-order valence-corrected chi connectivity index (χ3v) is 3.09. The number of carboxylic acids is 1. The molecular formula is C14H15NO6. The molecule has 3 N–H and O–H groups in total. The zero-order valence-electron chi connectivity index (χ0n) is 11.6. The van der Waals surface area contributed by atoms with Gasteiger partial charge in [0.15, 0.2) is 11.5 Å². The highest BCUT2D eigenvalue weighted by Crippen LogP contribution is 2.33. The standard InChI is InChI=1S/C14H15NO6/c1-19-11-5-8-7(3-9(15)14(17)18)4-13(16)21-10(8)6-12(11)20-2/h4-6,9H,3,15H2,1-2H3,(H,17,18)/t9-/m1/s1. The van der Waals surface area contributed by atoms with Crippen LogP contribution in [-0.4, -0.2) is 31.3 Å². The lowest BCUT2D eigenvalue weighted by Crippen LogP contribution is -2.32. The third-order valence-electron chi connectivity index (χ3n) is 3.09. The number of ether oxygens (including phenoxy) is 2. The van der Waals surface area contributed by atoms with E-state index in [-0.39, 0.29) is 12.0 Å². The van der Waals surface area contributed by atoms with Crippen molar-refractivity contribution < 1.29 is 23.8 Å². The first-order valence-electron chi connectivity index (χ1n) is 6.13. The fourth-order valence-corrected chi connectivity index (χ4v) is 2.05. The molecule has 0 unspecified atom stereocenters. The van der Waals surface area contributed by atoms with Crippen molar-refractivity contribution in [1.82, 2.24) is 0 Å². The molecule has 0 saturated heterocycles. The summed E-state index contributed by atoms with van der Waals surface area (Å²) >= 11 is 0. The highest BCUT2D eigenvalue weighted by atomic mass is 16.5. The van der Waals surface area contributed by atoms with Gasteiger partial charge in [-0.25, -0.2) is 4.79 Å². The molecule has 0 aliphatic rings. The van der Waals surface area contributed by atoms with Gasteiger partial charge < -0.3 is 24.7 Å². The second kappa shape index (κ2) is 5.84. The molecule has 0 bridgehead atoms. The molecule has 112 valence electrons. The topological polar surface area (TPSA) is 112 Å². The summed E-state index contributed by atoms with van der Waals surface area (Å²) in [7, 11) is 2.94. The van der Waals surface area contributed by atoms with E-state index in [4.69, 9.17) is 24.7 Å². The maximum Gasteiger partial charge on any atom is 0.336 e. The summed E-state index contributed by atoms with van der Waals surface area (Å²) < 4.78 is 15.4. The highest BCUT2D eigenvalue weighted by molar-refractivity contribution is 5.85. The number of nitrogens with two attached hydrogens (primary N) is 1. The monoisotopic (exact) mass is 293 g/mol. The van der Waals surface area contributed by atoms with E-state index in [1.54, 1.807) is 6.07 Å². The highest BCUT2D eigenvalue weighted by Gasteiger charge is 2.17. The molecule has 1 atom stereocenters. The van der Waals surface area contributed by atoms with Crippen molar-refractivity contribution in [1.29, 1.82) is 0 Å². The fourth-order valence-electron chi connectivity index (χ4n) is 2.05. The summed E-state index contributed by atoms with van der Waals surface area (Å²) in [4.78, 5) is 22.5. The average molecular weight is 293 g/mol. The van der Waals surface area contributed by atoms with Gasteiger partial charge in [-0.2, -0.15) is 0 Å². The lowest BCUT2D eigenvalue weighted by atomic mass is 10.0. The second-order valence-corrected chi connectivity index (χ2v) is 4.44. The minimum absolute atomic E-state index is 0.00686. The normalized spacial score (nSPS) is 12.1. The van der Waals surface area contributed by atoms with Gasteiger partial charge >= 0.3 is 11.6 Å². The zero-order valence-corrected chi connectivity index (χ0v) is 11.6. The second-order valence-electron chi connectivity index (χ2n) is 4.44. The molecule has 0 fully saturated rings. The number of hydrogen-bond acceptors (Lipinski definition) is 6.